The predicted molar refractivity (Wildman–Crippen MR) is 146 cm³/mol. The van der Waals surface area contributed by atoms with Crippen LogP contribution in [0.3, 0.4) is 0 Å². The van der Waals surface area contributed by atoms with Gasteiger partial charge in [-0.1, -0.05) is 40.5 Å². The Kier molecular flexibility index (Phi) is 8.79. The molecular weight excluding hydrogens is 585 g/mol. The zero-order chi connectivity index (χ0) is 25.7. The van der Waals surface area contributed by atoms with E-state index in [9.17, 15) is 9.59 Å². The zero-order valence-corrected chi connectivity index (χ0v) is 23.2. The Morgan fingerprint density at radius 3 is 2.44 bits per heavy atom. The van der Waals surface area contributed by atoms with E-state index in [0.717, 1.165) is 19.8 Å². The second-order valence-corrected chi connectivity index (χ2v) is 11.5. The number of nitrogens with one attached hydrogen (secondary N) is 1. The molecule has 0 spiro atoms. The molecule has 0 aliphatic carbocycles. The number of nitrogens with zero attached hydrogens (tertiary/aromatic N) is 4. The molecule has 4 rings (SSSR count). The van der Waals surface area contributed by atoms with Crippen molar-refractivity contribution in [1.29, 1.82) is 0 Å². The molecule has 0 aliphatic rings. The summed E-state index contributed by atoms with van der Waals surface area (Å²) in [7, 11) is 0. The van der Waals surface area contributed by atoms with Gasteiger partial charge in [-0.2, -0.15) is 0 Å². The summed E-state index contributed by atoms with van der Waals surface area (Å²) in [6, 6.07) is 16.6. The summed E-state index contributed by atoms with van der Waals surface area (Å²) in [4.78, 5) is 27.4. The molecule has 7 nitrogen and oxygen atoms in total. The summed E-state index contributed by atoms with van der Waals surface area (Å²) in [5, 5.41) is 12.2. The number of hydrogen-bond donors (Lipinski definition) is 1. The fourth-order valence-corrected chi connectivity index (χ4v) is 5.60. The highest BCUT2D eigenvalue weighted by Crippen LogP contribution is 2.26. The van der Waals surface area contributed by atoms with Gasteiger partial charge in [0.1, 0.15) is 5.69 Å². The van der Waals surface area contributed by atoms with Crippen LogP contribution in [0.5, 0.6) is 0 Å². The van der Waals surface area contributed by atoms with Crippen LogP contribution in [0, 0.1) is 0 Å². The second-order valence-electron chi connectivity index (χ2n) is 8.07. The SMILES string of the molecule is CC(=O)NCCN(Cc1ccc(Br)s1)C(=O)c1ccc(Cn2cc(-c3cc(Cl)cc(Cl)c3)nn2)cc1. The van der Waals surface area contributed by atoms with Crippen LogP contribution in [0.1, 0.15) is 27.7 Å². The number of aromatic nitrogens is 3. The van der Waals surface area contributed by atoms with Gasteiger partial charge in [0.15, 0.2) is 0 Å². The summed E-state index contributed by atoms with van der Waals surface area (Å²) in [5.41, 5.74) is 3.00. The topological polar surface area (TPSA) is 80.1 Å². The number of thiophene rings is 1. The minimum absolute atomic E-state index is 0.0997. The molecule has 36 heavy (non-hydrogen) atoms. The third kappa shape index (κ3) is 7.16. The fourth-order valence-electron chi connectivity index (χ4n) is 3.58. The van der Waals surface area contributed by atoms with E-state index in [4.69, 9.17) is 23.2 Å². The highest BCUT2D eigenvalue weighted by Gasteiger charge is 2.17. The lowest BCUT2D eigenvalue weighted by Gasteiger charge is -2.22. The maximum atomic E-state index is 13.3. The third-order valence-corrected chi connectivity index (χ3v) is 7.31. The van der Waals surface area contributed by atoms with E-state index in [-0.39, 0.29) is 11.8 Å². The molecule has 11 heteroatoms. The Bertz CT molecular complexity index is 1350. The first-order valence-electron chi connectivity index (χ1n) is 11.0. The highest BCUT2D eigenvalue weighted by molar-refractivity contribution is 9.11. The van der Waals surface area contributed by atoms with E-state index in [2.05, 4.69) is 31.6 Å². The van der Waals surface area contributed by atoms with Crippen molar-refractivity contribution in [3.8, 4) is 11.3 Å². The quantitative estimate of drug-likeness (QED) is 0.257. The maximum absolute atomic E-state index is 13.3. The minimum Gasteiger partial charge on any atom is -0.355 e. The van der Waals surface area contributed by atoms with Gasteiger partial charge in [-0.3, -0.25) is 9.59 Å². The van der Waals surface area contributed by atoms with Crippen LogP contribution >= 0.6 is 50.5 Å². The Balaban J connectivity index is 1.44. The lowest BCUT2D eigenvalue weighted by atomic mass is 10.1. The smallest absolute Gasteiger partial charge is 0.254 e. The molecule has 2 aromatic heterocycles. The Morgan fingerprint density at radius 1 is 1.08 bits per heavy atom. The molecule has 0 saturated carbocycles. The first kappa shape index (κ1) is 26.3. The summed E-state index contributed by atoms with van der Waals surface area (Å²) in [5.74, 6) is -0.224. The highest BCUT2D eigenvalue weighted by atomic mass is 79.9. The minimum atomic E-state index is -0.125. The third-order valence-electron chi connectivity index (χ3n) is 5.26. The molecular formula is C25H22BrCl2N5O2S. The zero-order valence-electron chi connectivity index (χ0n) is 19.2. The number of carbonyl (C=O) groups excluding carboxylic acids is 2. The van der Waals surface area contributed by atoms with Crippen molar-refractivity contribution in [2.24, 2.45) is 0 Å². The van der Waals surface area contributed by atoms with Crippen molar-refractivity contribution in [3.63, 3.8) is 0 Å². The normalized spacial score (nSPS) is 10.9. The average molecular weight is 607 g/mol. The van der Waals surface area contributed by atoms with Crippen LogP contribution in [0.15, 0.2) is 64.6 Å². The van der Waals surface area contributed by atoms with Crippen LogP contribution < -0.4 is 5.32 Å². The monoisotopic (exact) mass is 605 g/mol. The van der Waals surface area contributed by atoms with E-state index in [1.807, 2.05) is 42.6 Å². The van der Waals surface area contributed by atoms with Gasteiger partial charge in [0.25, 0.3) is 5.91 Å². The lowest BCUT2D eigenvalue weighted by molar-refractivity contribution is -0.119. The van der Waals surface area contributed by atoms with Gasteiger partial charge < -0.3 is 10.2 Å². The van der Waals surface area contributed by atoms with Crippen LogP contribution in [0.4, 0.5) is 0 Å². The Labute approximate surface area is 231 Å². The van der Waals surface area contributed by atoms with E-state index in [0.29, 0.717) is 47.5 Å². The predicted octanol–water partition coefficient (Wildman–Crippen LogP) is 5.90. The van der Waals surface area contributed by atoms with Crippen LogP contribution in [0.2, 0.25) is 10.0 Å². The van der Waals surface area contributed by atoms with Gasteiger partial charge in [0, 0.05) is 46.1 Å². The first-order valence-corrected chi connectivity index (χ1v) is 13.4. The van der Waals surface area contributed by atoms with Gasteiger partial charge in [-0.05, 0) is 64.0 Å². The maximum Gasteiger partial charge on any atom is 0.254 e. The van der Waals surface area contributed by atoms with Crippen LogP contribution in [-0.2, 0) is 17.9 Å². The molecule has 0 unspecified atom stereocenters. The summed E-state index contributed by atoms with van der Waals surface area (Å²) >= 11 is 17.2. The molecule has 0 fully saturated rings. The van der Waals surface area contributed by atoms with Crippen LogP contribution in [0.25, 0.3) is 11.3 Å². The number of hydrogen-bond acceptors (Lipinski definition) is 5. The molecule has 0 radical (unpaired) electrons. The molecule has 2 amide bonds. The molecule has 4 aromatic rings. The molecule has 2 heterocycles. The molecule has 1 N–H and O–H groups in total. The fraction of sp³-hybridized carbons (Fsp3) is 0.200. The molecule has 2 aromatic carbocycles. The van der Waals surface area contributed by atoms with Gasteiger partial charge in [-0.25, -0.2) is 4.68 Å². The van der Waals surface area contributed by atoms with Crippen molar-refractivity contribution in [1.82, 2.24) is 25.2 Å². The number of benzene rings is 2. The van der Waals surface area contributed by atoms with Crippen LogP contribution in [-0.4, -0.2) is 44.8 Å². The van der Waals surface area contributed by atoms with E-state index in [1.165, 1.54) is 6.92 Å². The van der Waals surface area contributed by atoms with Crippen molar-refractivity contribution in [2.75, 3.05) is 13.1 Å². The largest absolute Gasteiger partial charge is 0.355 e. The van der Waals surface area contributed by atoms with Gasteiger partial charge >= 0.3 is 0 Å². The van der Waals surface area contributed by atoms with Crippen molar-refractivity contribution >= 4 is 62.3 Å². The lowest BCUT2D eigenvalue weighted by Crippen LogP contribution is -2.37. The Morgan fingerprint density at radius 2 is 1.81 bits per heavy atom. The number of carbonyl (C=O) groups is 2. The van der Waals surface area contributed by atoms with Gasteiger partial charge in [0.2, 0.25) is 5.91 Å². The summed E-state index contributed by atoms with van der Waals surface area (Å²) in [6.45, 7) is 3.21. The van der Waals surface area contributed by atoms with Crippen molar-refractivity contribution in [2.45, 2.75) is 20.0 Å². The van der Waals surface area contributed by atoms with E-state index < -0.39 is 0 Å². The standard InChI is InChI=1S/C25H22BrCl2N5O2S/c1-16(34)29-8-9-32(14-22-6-7-24(26)36-22)25(35)18-4-2-17(3-5-18)13-33-15-23(30-31-33)19-10-20(27)12-21(28)11-19/h2-7,10-12,15H,8-9,13-14H2,1H3,(H,29,34). The number of rotatable bonds is 9. The van der Waals surface area contributed by atoms with Crippen molar-refractivity contribution in [3.05, 3.63) is 90.6 Å². The summed E-state index contributed by atoms with van der Waals surface area (Å²) < 4.78 is 2.72. The first-order chi connectivity index (χ1) is 17.3. The Hall–Kier alpha value is -2.72. The molecule has 0 atom stereocenters. The van der Waals surface area contributed by atoms with Crippen molar-refractivity contribution < 1.29 is 9.59 Å². The molecule has 186 valence electrons. The molecule has 0 bridgehead atoms. The number of amides is 2. The average Bonchev–Trinajstić information content (AvgIpc) is 3.46. The van der Waals surface area contributed by atoms with E-state index in [1.54, 1.807) is 39.1 Å². The van der Waals surface area contributed by atoms with Gasteiger partial charge in [-0.15, -0.1) is 16.4 Å². The second kappa shape index (κ2) is 12.0. The van der Waals surface area contributed by atoms with Gasteiger partial charge in [0.05, 0.1) is 23.1 Å². The van der Waals surface area contributed by atoms with E-state index >= 15 is 0 Å². The number of halogens is 3. The molecule has 0 aliphatic heterocycles. The summed E-state index contributed by atoms with van der Waals surface area (Å²) in [6.07, 6.45) is 1.82. The molecule has 0 saturated heterocycles.